The van der Waals surface area contributed by atoms with Crippen LogP contribution in [0.25, 0.3) is 0 Å². The molecule has 1 saturated carbocycles. The smallest absolute Gasteiger partial charge is 0.191 e. The minimum absolute atomic E-state index is 0.0962. The number of nitrogens with one attached hydrogen (secondary N) is 2. The van der Waals surface area contributed by atoms with Crippen LogP contribution in [0.1, 0.15) is 38.3 Å². The molecule has 0 bridgehead atoms. The summed E-state index contributed by atoms with van der Waals surface area (Å²) in [5, 5.41) is 7.41. The van der Waals surface area contributed by atoms with Gasteiger partial charge >= 0.3 is 0 Å². The van der Waals surface area contributed by atoms with E-state index in [0.717, 1.165) is 35.6 Å². The molecule has 1 atom stereocenters. The summed E-state index contributed by atoms with van der Waals surface area (Å²) >= 11 is 6.24. The van der Waals surface area contributed by atoms with Gasteiger partial charge in [0.2, 0.25) is 0 Å². The van der Waals surface area contributed by atoms with Crippen LogP contribution in [-0.4, -0.2) is 32.3 Å². The zero-order valence-electron chi connectivity index (χ0n) is 13.4. The van der Waals surface area contributed by atoms with Crippen LogP contribution >= 0.6 is 11.6 Å². The fourth-order valence-electron chi connectivity index (χ4n) is 2.19. The van der Waals surface area contributed by atoms with Crippen LogP contribution in [0.5, 0.6) is 0 Å². The predicted octanol–water partition coefficient (Wildman–Crippen LogP) is 3.38. The van der Waals surface area contributed by atoms with Crippen molar-refractivity contribution < 1.29 is 4.74 Å². The predicted molar refractivity (Wildman–Crippen MR) is 92.5 cm³/mol. The molecule has 1 aliphatic rings. The Bertz CT molecular complexity index is 489. The van der Waals surface area contributed by atoms with Crippen molar-refractivity contribution in [1.82, 2.24) is 10.6 Å². The largest absolute Gasteiger partial charge is 0.379 e. The zero-order chi connectivity index (χ0) is 15.8. The fourth-order valence-corrected chi connectivity index (χ4v) is 2.49. The van der Waals surface area contributed by atoms with E-state index in [-0.39, 0.29) is 6.04 Å². The van der Waals surface area contributed by atoms with E-state index in [1.54, 1.807) is 0 Å². The number of guanidine groups is 1. The summed E-state index contributed by atoms with van der Waals surface area (Å²) in [6.45, 7) is 7.18. The lowest BCUT2D eigenvalue weighted by atomic mass is 10.1. The van der Waals surface area contributed by atoms with Crippen molar-refractivity contribution in [2.24, 2.45) is 10.9 Å². The van der Waals surface area contributed by atoms with Crippen LogP contribution in [-0.2, 0) is 4.74 Å². The summed E-state index contributed by atoms with van der Waals surface area (Å²) in [5.74, 6) is 1.60. The second-order valence-electron chi connectivity index (χ2n) is 5.67. The molecule has 1 unspecified atom stereocenters. The molecule has 122 valence electrons. The summed E-state index contributed by atoms with van der Waals surface area (Å²) in [6, 6.07) is 7.97. The van der Waals surface area contributed by atoms with Crippen LogP contribution in [0.15, 0.2) is 29.3 Å². The van der Waals surface area contributed by atoms with Gasteiger partial charge in [0.1, 0.15) is 0 Å². The molecule has 2 rings (SSSR count). The van der Waals surface area contributed by atoms with Crippen LogP contribution in [0.2, 0.25) is 5.02 Å². The van der Waals surface area contributed by atoms with E-state index in [4.69, 9.17) is 16.3 Å². The molecule has 2 N–H and O–H groups in total. The second kappa shape index (κ2) is 9.01. The maximum Gasteiger partial charge on any atom is 0.191 e. The van der Waals surface area contributed by atoms with Crippen LogP contribution in [0.4, 0.5) is 0 Å². The average Bonchev–Trinajstić information content (AvgIpc) is 3.31. The molecule has 1 aromatic rings. The highest BCUT2D eigenvalue weighted by Crippen LogP contribution is 2.28. The Labute approximate surface area is 138 Å². The van der Waals surface area contributed by atoms with E-state index in [1.807, 2.05) is 24.3 Å². The van der Waals surface area contributed by atoms with Gasteiger partial charge in [0.15, 0.2) is 5.96 Å². The Morgan fingerprint density at radius 2 is 2.18 bits per heavy atom. The van der Waals surface area contributed by atoms with Gasteiger partial charge in [-0.15, -0.1) is 0 Å². The van der Waals surface area contributed by atoms with E-state index < -0.39 is 0 Å². The lowest BCUT2D eigenvalue weighted by Crippen LogP contribution is -2.39. The lowest BCUT2D eigenvalue weighted by Gasteiger charge is -2.19. The zero-order valence-corrected chi connectivity index (χ0v) is 14.2. The summed E-state index contributed by atoms with van der Waals surface area (Å²) in [6.07, 6.45) is 2.64. The summed E-state index contributed by atoms with van der Waals surface area (Å²) < 4.78 is 5.61. The van der Waals surface area contributed by atoms with E-state index in [9.17, 15) is 0 Å². The van der Waals surface area contributed by atoms with Gasteiger partial charge in [0.05, 0.1) is 19.2 Å². The van der Waals surface area contributed by atoms with Gasteiger partial charge in [-0.25, -0.2) is 0 Å². The normalized spacial score (nSPS) is 16.4. The highest BCUT2D eigenvalue weighted by molar-refractivity contribution is 6.31. The van der Waals surface area contributed by atoms with Gasteiger partial charge in [0.25, 0.3) is 0 Å². The third kappa shape index (κ3) is 5.85. The van der Waals surface area contributed by atoms with Gasteiger partial charge in [-0.2, -0.15) is 0 Å². The SMILES string of the molecule is CCNC(=NCCOCC1CC1)NC(C)c1ccccc1Cl. The number of hydrogen-bond acceptors (Lipinski definition) is 2. The molecule has 4 nitrogen and oxygen atoms in total. The number of halogens is 1. The summed E-state index contributed by atoms with van der Waals surface area (Å²) in [5.41, 5.74) is 1.07. The second-order valence-corrected chi connectivity index (χ2v) is 6.07. The standard InChI is InChI=1S/C17H26ClN3O/c1-3-19-17(20-10-11-22-12-14-8-9-14)21-13(2)15-6-4-5-7-16(15)18/h4-7,13-14H,3,8-12H2,1-2H3,(H2,19,20,21). The highest BCUT2D eigenvalue weighted by atomic mass is 35.5. The van der Waals surface area contributed by atoms with Gasteiger partial charge in [-0.3, -0.25) is 4.99 Å². The number of rotatable bonds is 8. The number of hydrogen-bond donors (Lipinski definition) is 2. The quantitative estimate of drug-likeness (QED) is 0.438. The number of nitrogens with zero attached hydrogens (tertiary/aromatic N) is 1. The first-order valence-corrected chi connectivity index (χ1v) is 8.45. The maximum absolute atomic E-state index is 6.24. The number of ether oxygens (including phenoxy) is 1. The van der Waals surface area contributed by atoms with Crippen LogP contribution in [0, 0.1) is 5.92 Å². The molecular formula is C17H26ClN3O. The molecule has 0 saturated heterocycles. The first-order chi connectivity index (χ1) is 10.7. The van der Waals surface area contributed by atoms with Crippen molar-refractivity contribution in [3.8, 4) is 0 Å². The van der Waals surface area contributed by atoms with Gasteiger partial charge in [0, 0.05) is 18.2 Å². The Hall–Kier alpha value is -1.26. The average molecular weight is 324 g/mol. The molecule has 1 aliphatic carbocycles. The third-order valence-corrected chi connectivity index (χ3v) is 3.97. The van der Waals surface area contributed by atoms with Crippen molar-refractivity contribution in [3.05, 3.63) is 34.9 Å². The van der Waals surface area contributed by atoms with Crippen LogP contribution < -0.4 is 10.6 Å². The minimum Gasteiger partial charge on any atom is -0.379 e. The van der Waals surface area contributed by atoms with E-state index in [1.165, 1.54) is 12.8 Å². The molecule has 0 amide bonds. The topological polar surface area (TPSA) is 45.7 Å². The molecule has 1 aromatic carbocycles. The van der Waals surface area contributed by atoms with E-state index in [2.05, 4.69) is 29.5 Å². The Balaban J connectivity index is 1.82. The molecule has 0 aromatic heterocycles. The number of benzene rings is 1. The Morgan fingerprint density at radius 1 is 1.41 bits per heavy atom. The monoisotopic (exact) mass is 323 g/mol. The molecule has 1 fully saturated rings. The first kappa shape index (κ1) is 17.1. The van der Waals surface area contributed by atoms with Gasteiger partial charge in [-0.05, 0) is 44.2 Å². The molecule has 0 heterocycles. The first-order valence-electron chi connectivity index (χ1n) is 8.07. The third-order valence-electron chi connectivity index (χ3n) is 3.63. The molecule has 0 spiro atoms. The summed E-state index contributed by atoms with van der Waals surface area (Å²) in [4.78, 5) is 4.55. The Morgan fingerprint density at radius 3 is 2.86 bits per heavy atom. The van der Waals surface area contributed by atoms with Gasteiger partial charge in [-0.1, -0.05) is 29.8 Å². The number of aliphatic imine (C=N–C) groups is 1. The van der Waals surface area contributed by atoms with Crippen molar-refractivity contribution in [1.29, 1.82) is 0 Å². The van der Waals surface area contributed by atoms with Gasteiger partial charge < -0.3 is 15.4 Å². The van der Waals surface area contributed by atoms with Crippen molar-refractivity contribution >= 4 is 17.6 Å². The maximum atomic E-state index is 6.24. The minimum atomic E-state index is 0.0962. The fraction of sp³-hybridized carbons (Fsp3) is 0.588. The molecule has 5 heteroatoms. The van der Waals surface area contributed by atoms with Crippen LogP contribution in [0.3, 0.4) is 0 Å². The lowest BCUT2D eigenvalue weighted by molar-refractivity contribution is 0.131. The van der Waals surface area contributed by atoms with Crippen molar-refractivity contribution in [3.63, 3.8) is 0 Å². The van der Waals surface area contributed by atoms with E-state index >= 15 is 0 Å². The molecule has 0 aliphatic heterocycles. The van der Waals surface area contributed by atoms with Crippen molar-refractivity contribution in [2.45, 2.75) is 32.7 Å². The summed E-state index contributed by atoms with van der Waals surface area (Å²) in [7, 11) is 0. The Kier molecular flexibility index (Phi) is 7.00. The molecule has 22 heavy (non-hydrogen) atoms. The van der Waals surface area contributed by atoms with Crippen molar-refractivity contribution in [2.75, 3.05) is 26.3 Å². The van der Waals surface area contributed by atoms with E-state index in [0.29, 0.717) is 13.2 Å². The highest BCUT2D eigenvalue weighted by Gasteiger charge is 2.20. The molecular weight excluding hydrogens is 298 g/mol. The molecule has 0 radical (unpaired) electrons.